The SMILES string of the molecule is CC(=O)OCC(C)(C)C(=O)ON1C(=O)CCC1=O. The summed E-state index contributed by atoms with van der Waals surface area (Å²) in [5.41, 5.74) is -1.13. The first kappa shape index (κ1) is 14.1. The third kappa shape index (κ3) is 3.28. The fraction of sp³-hybridized carbons (Fsp3) is 0.636. The molecule has 0 radical (unpaired) electrons. The van der Waals surface area contributed by atoms with Gasteiger partial charge in [-0.1, -0.05) is 0 Å². The summed E-state index contributed by atoms with van der Waals surface area (Å²) < 4.78 is 4.72. The number of carbonyl (C=O) groups is 4. The number of carbonyl (C=O) groups excluding carboxylic acids is 4. The molecule has 1 heterocycles. The van der Waals surface area contributed by atoms with Gasteiger partial charge in [-0.2, -0.15) is 0 Å². The Labute approximate surface area is 104 Å². The molecule has 0 bridgehead atoms. The zero-order chi connectivity index (χ0) is 13.9. The second kappa shape index (κ2) is 5.16. The number of nitrogens with zero attached hydrogens (tertiary/aromatic N) is 1. The number of hydrogen-bond donors (Lipinski definition) is 0. The van der Waals surface area contributed by atoms with Crippen molar-refractivity contribution in [3.63, 3.8) is 0 Å². The van der Waals surface area contributed by atoms with Crippen LogP contribution in [0.15, 0.2) is 0 Å². The predicted octanol–water partition coefficient (Wildman–Crippen LogP) is 0.183. The molecule has 0 aromatic heterocycles. The minimum absolute atomic E-state index is 0.0382. The van der Waals surface area contributed by atoms with Crippen molar-refractivity contribution in [2.75, 3.05) is 6.61 Å². The molecule has 1 aliphatic heterocycles. The minimum Gasteiger partial charge on any atom is -0.465 e. The molecule has 0 aromatic rings. The molecule has 100 valence electrons. The van der Waals surface area contributed by atoms with Crippen LogP contribution in [0, 0.1) is 5.41 Å². The lowest BCUT2D eigenvalue weighted by Crippen LogP contribution is -2.40. The first-order valence-electron chi connectivity index (χ1n) is 5.45. The van der Waals surface area contributed by atoms with Crippen molar-refractivity contribution in [1.29, 1.82) is 0 Å². The molecule has 0 aliphatic carbocycles. The molecular weight excluding hydrogens is 242 g/mol. The van der Waals surface area contributed by atoms with Gasteiger partial charge in [-0.15, -0.1) is 5.06 Å². The quantitative estimate of drug-likeness (QED) is 0.527. The average molecular weight is 257 g/mol. The fourth-order valence-electron chi connectivity index (χ4n) is 1.21. The topological polar surface area (TPSA) is 90.0 Å². The van der Waals surface area contributed by atoms with Crippen LogP contribution in [-0.4, -0.2) is 35.4 Å². The molecule has 0 aromatic carbocycles. The molecule has 1 rings (SSSR count). The van der Waals surface area contributed by atoms with Gasteiger partial charge in [-0.25, -0.2) is 4.79 Å². The molecule has 2 amide bonds. The zero-order valence-corrected chi connectivity index (χ0v) is 10.5. The summed E-state index contributed by atoms with van der Waals surface area (Å²) in [7, 11) is 0. The van der Waals surface area contributed by atoms with Crippen molar-refractivity contribution < 1.29 is 28.8 Å². The Morgan fingerprint density at radius 1 is 1.22 bits per heavy atom. The molecule has 0 atom stereocenters. The molecule has 7 heteroatoms. The Balaban J connectivity index is 2.61. The van der Waals surface area contributed by atoms with Gasteiger partial charge in [0.05, 0.1) is 5.41 Å². The van der Waals surface area contributed by atoms with Gasteiger partial charge in [0.25, 0.3) is 11.8 Å². The van der Waals surface area contributed by atoms with E-state index in [0.717, 1.165) is 0 Å². The molecule has 0 N–H and O–H groups in total. The molecular formula is C11H15NO6. The Hall–Kier alpha value is -1.92. The lowest BCUT2D eigenvalue weighted by Gasteiger charge is -2.23. The Morgan fingerprint density at radius 3 is 2.17 bits per heavy atom. The molecule has 0 saturated carbocycles. The second-order valence-electron chi connectivity index (χ2n) is 4.62. The summed E-state index contributed by atoms with van der Waals surface area (Å²) in [6.45, 7) is 4.01. The smallest absolute Gasteiger partial charge is 0.342 e. The van der Waals surface area contributed by atoms with Gasteiger partial charge in [0, 0.05) is 19.8 Å². The number of esters is 1. The van der Waals surface area contributed by atoms with E-state index in [1.54, 1.807) is 0 Å². The van der Waals surface area contributed by atoms with Crippen LogP contribution >= 0.6 is 0 Å². The van der Waals surface area contributed by atoms with Gasteiger partial charge in [0.1, 0.15) is 6.61 Å². The fourth-order valence-corrected chi connectivity index (χ4v) is 1.21. The van der Waals surface area contributed by atoms with Crippen molar-refractivity contribution >= 4 is 23.8 Å². The standard InChI is InChI=1S/C11H15NO6/c1-7(13)17-6-11(2,3)10(16)18-12-8(14)4-5-9(12)15/h4-6H2,1-3H3. The van der Waals surface area contributed by atoms with Crippen LogP contribution in [0.4, 0.5) is 0 Å². The average Bonchev–Trinajstić information content (AvgIpc) is 2.58. The summed E-state index contributed by atoms with van der Waals surface area (Å²) >= 11 is 0. The lowest BCUT2D eigenvalue weighted by atomic mass is 9.95. The minimum atomic E-state index is -1.13. The highest BCUT2D eigenvalue weighted by Crippen LogP contribution is 2.21. The number of imide groups is 1. The largest absolute Gasteiger partial charge is 0.465 e. The van der Waals surface area contributed by atoms with Crippen molar-refractivity contribution in [2.24, 2.45) is 5.41 Å². The second-order valence-corrected chi connectivity index (χ2v) is 4.62. The van der Waals surface area contributed by atoms with Crippen molar-refractivity contribution in [3.05, 3.63) is 0 Å². The molecule has 7 nitrogen and oxygen atoms in total. The summed E-state index contributed by atoms with van der Waals surface area (Å²) in [6, 6.07) is 0. The lowest BCUT2D eigenvalue weighted by molar-refractivity contribution is -0.206. The Bertz CT molecular complexity index is 384. The van der Waals surface area contributed by atoms with Crippen LogP contribution < -0.4 is 0 Å². The van der Waals surface area contributed by atoms with Crippen LogP contribution in [-0.2, 0) is 28.8 Å². The third-order valence-electron chi connectivity index (χ3n) is 2.37. The Morgan fingerprint density at radius 2 is 1.72 bits per heavy atom. The van der Waals surface area contributed by atoms with Gasteiger partial charge >= 0.3 is 11.9 Å². The van der Waals surface area contributed by atoms with Crippen LogP contribution in [0.5, 0.6) is 0 Å². The normalized spacial score (nSPS) is 15.8. The summed E-state index contributed by atoms with van der Waals surface area (Å²) in [5, 5.41) is 0.470. The maximum Gasteiger partial charge on any atom is 0.342 e. The van der Waals surface area contributed by atoms with Gasteiger partial charge < -0.3 is 9.57 Å². The van der Waals surface area contributed by atoms with E-state index in [1.807, 2.05) is 0 Å². The Kier molecular flexibility index (Phi) is 4.05. The molecule has 1 aliphatic rings. The maximum atomic E-state index is 11.8. The third-order valence-corrected chi connectivity index (χ3v) is 2.37. The van der Waals surface area contributed by atoms with E-state index in [2.05, 4.69) is 0 Å². The van der Waals surface area contributed by atoms with E-state index < -0.39 is 29.2 Å². The first-order valence-corrected chi connectivity index (χ1v) is 5.45. The number of hydrogen-bond acceptors (Lipinski definition) is 6. The molecule has 1 saturated heterocycles. The van der Waals surface area contributed by atoms with Gasteiger partial charge in [-0.3, -0.25) is 14.4 Å². The first-order chi connectivity index (χ1) is 8.24. The molecule has 18 heavy (non-hydrogen) atoms. The molecule has 1 fully saturated rings. The molecule has 0 unspecified atom stereocenters. The highest BCUT2D eigenvalue weighted by atomic mass is 16.7. The zero-order valence-electron chi connectivity index (χ0n) is 10.5. The summed E-state index contributed by atoms with van der Waals surface area (Å²) in [5.74, 6) is -2.41. The number of amides is 2. The van der Waals surface area contributed by atoms with Crippen molar-refractivity contribution in [2.45, 2.75) is 33.6 Å². The van der Waals surface area contributed by atoms with Gasteiger partial charge in [0.2, 0.25) is 0 Å². The molecule has 0 spiro atoms. The van der Waals surface area contributed by atoms with E-state index in [9.17, 15) is 19.2 Å². The number of ether oxygens (including phenoxy) is 1. The highest BCUT2D eigenvalue weighted by Gasteiger charge is 2.38. The van der Waals surface area contributed by atoms with Gasteiger partial charge in [0.15, 0.2) is 0 Å². The van der Waals surface area contributed by atoms with E-state index in [-0.39, 0.29) is 19.4 Å². The van der Waals surface area contributed by atoms with Crippen molar-refractivity contribution in [1.82, 2.24) is 5.06 Å². The van der Waals surface area contributed by atoms with Crippen LogP contribution in [0.1, 0.15) is 33.6 Å². The van der Waals surface area contributed by atoms with Gasteiger partial charge in [-0.05, 0) is 13.8 Å². The van der Waals surface area contributed by atoms with Crippen LogP contribution in [0.25, 0.3) is 0 Å². The van der Waals surface area contributed by atoms with E-state index in [0.29, 0.717) is 5.06 Å². The van der Waals surface area contributed by atoms with E-state index in [4.69, 9.17) is 9.57 Å². The predicted molar refractivity (Wildman–Crippen MR) is 57.6 cm³/mol. The number of hydroxylamine groups is 2. The summed E-state index contributed by atoms with van der Waals surface area (Å²) in [6.07, 6.45) is 0.0764. The van der Waals surface area contributed by atoms with Crippen molar-refractivity contribution in [3.8, 4) is 0 Å². The van der Waals surface area contributed by atoms with E-state index >= 15 is 0 Å². The monoisotopic (exact) mass is 257 g/mol. The highest BCUT2D eigenvalue weighted by molar-refractivity contribution is 6.01. The maximum absolute atomic E-state index is 11.8. The van der Waals surface area contributed by atoms with E-state index in [1.165, 1.54) is 20.8 Å². The summed E-state index contributed by atoms with van der Waals surface area (Å²) in [4.78, 5) is 49.7. The number of rotatable bonds is 4. The van der Waals surface area contributed by atoms with Crippen LogP contribution in [0.2, 0.25) is 0 Å². The van der Waals surface area contributed by atoms with Crippen LogP contribution in [0.3, 0.4) is 0 Å².